The molecule has 0 radical (unpaired) electrons. The maximum absolute atomic E-state index is 13.4. The number of aromatic nitrogens is 2. The summed E-state index contributed by atoms with van der Waals surface area (Å²) in [5.74, 6) is -0.207. The second-order valence-corrected chi connectivity index (χ2v) is 9.35. The van der Waals surface area contributed by atoms with Crippen LogP contribution in [0.15, 0.2) is 29.2 Å². The van der Waals surface area contributed by atoms with E-state index in [0.29, 0.717) is 36.6 Å². The number of sulfonamides is 1. The van der Waals surface area contributed by atoms with Crippen LogP contribution in [0, 0.1) is 13.8 Å². The van der Waals surface area contributed by atoms with Crippen molar-refractivity contribution in [1.82, 2.24) is 15.1 Å². The van der Waals surface area contributed by atoms with E-state index >= 15 is 0 Å². The Morgan fingerprint density at radius 3 is 2.86 bits per heavy atom. The van der Waals surface area contributed by atoms with Gasteiger partial charge in [-0.05, 0) is 44.7 Å². The summed E-state index contributed by atoms with van der Waals surface area (Å²) in [7, 11) is -3.76. The Balaban J connectivity index is 1.53. The zero-order valence-electron chi connectivity index (χ0n) is 16.7. The Bertz CT molecular complexity index is 1030. The van der Waals surface area contributed by atoms with Gasteiger partial charge < -0.3 is 10.1 Å². The minimum Gasteiger partial charge on any atom is -0.376 e. The molecule has 1 N–H and O–H groups in total. The molecule has 8 nitrogen and oxygen atoms in total. The molecule has 1 atom stereocenters. The number of anilines is 1. The number of nitrogens with one attached hydrogen (secondary N) is 1. The van der Waals surface area contributed by atoms with Crippen molar-refractivity contribution in [1.29, 1.82) is 0 Å². The highest BCUT2D eigenvalue weighted by Gasteiger charge is 2.35. The van der Waals surface area contributed by atoms with Crippen LogP contribution in [0.25, 0.3) is 0 Å². The quantitative estimate of drug-likeness (QED) is 0.768. The molecule has 9 heteroatoms. The Labute approximate surface area is 170 Å². The number of benzene rings is 1. The van der Waals surface area contributed by atoms with Crippen LogP contribution >= 0.6 is 0 Å². The Morgan fingerprint density at radius 2 is 2.10 bits per heavy atom. The third kappa shape index (κ3) is 3.76. The van der Waals surface area contributed by atoms with Gasteiger partial charge in [-0.25, -0.2) is 8.42 Å². The number of hydrogen-bond acceptors (Lipinski definition) is 5. The van der Waals surface area contributed by atoms with Gasteiger partial charge in [-0.3, -0.25) is 13.8 Å². The summed E-state index contributed by atoms with van der Waals surface area (Å²) in [5, 5.41) is 7.19. The fourth-order valence-electron chi connectivity index (χ4n) is 4.10. The van der Waals surface area contributed by atoms with Gasteiger partial charge in [-0.1, -0.05) is 18.2 Å². The lowest BCUT2D eigenvalue weighted by Crippen LogP contribution is -2.34. The summed E-state index contributed by atoms with van der Waals surface area (Å²) in [6, 6.07) is 7.53. The second-order valence-electron chi connectivity index (χ2n) is 7.55. The minimum atomic E-state index is -3.76. The van der Waals surface area contributed by atoms with E-state index in [4.69, 9.17) is 4.74 Å². The fraction of sp³-hybridized carbons (Fsp3) is 0.500. The van der Waals surface area contributed by atoms with Gasteiger partial charge in [0.1, 0.15) is 11.4 Å². The largest absolute Gasteiger partial charge is 0.376 e. The maximum Gasteiger partial charge on any atom is 0.268 e. The van der Waals surface area contributed by atoms with E-state index in [1.165, 1.54) is 8.99 Å². The molecular formula is C20H26N4O4S. The number of hydrogen-bond donors (Lipinski definition) is 1. The van der Waals surface area contributed by atoms with Crippen LogP contribution in [-0.4, -0.2) is 49.9 Å². The number of amides is 1. The smallest absolute Gasteiger partial charge is 0.268 e. The monoisotopic (exact) mass is 418 g/mol. The highest BCUT2D eigenvalue weighted by Crippen LogP contribution is 2.34. The van der Waals surface area contributed by atoms with Gasteiger partial charge in [0.15, 0.2) is 0 Å². The molecule has 1 fully saturated rings. The third-order valence-corrected chi connectivity index (χ3v) is 7.62. The molecule has 2 aliphatic rings. The normalized spacial score (nSPS) is 18.8. The summed E-state index contributed by atoms with van der Waals surface area (Å²) in [6.07, 6.45) is 2.71. The molecule has 1 aromatic heterocycles. The molecule has 0 aliphatic carbocycles. The van der Waals surface area contributed by atoms with Gasteiger partial charge in [0.2, 0.25) is 5.91 Å². The van der Waals surface area contributed by atoms with Crippen molar-refractivity contribution >= 4 is 21.6 Å². The number of rotatable bonds is 6. The summed E-state index contributed by atoms with van der Waals surface area (Å²) in [4.78, 5) is 12.5. The standard InChI is InChI=1S/C20H26N4O4S/c1-14-20(29(26,27)24-10-9-16-6-3-4-8-18(16)24)15(2)23(22-14)13-19(25)21-12-17-7-5-11-28-17/h3-4,6,8,17H,5,7,9-13H2,1-2H3,(H,21,25)/t17-/m1/s1. The molecule has 1 aromatic carbocycles. The zero-order chi connectivity index (χ0) is 20.6. The Kier molecular flexibility index (Phi) is 5.35. The van der Waals surface area contributed by atoms with Crippen molar-refractivity contribution in [2.75, 3.05) is 24.0 Å². The van der Waals surface area contributed by atoms with Crippen molar-refractivity contribution in [3.8, 4) is 0 Å². The average molecular weight is 419 g/mol. The molecule has 29 heavy (non-hydrogen) atoms. The van der Waals surface area contributed by atoms with Crippen LogP contribution in [0.5, 0.6) is 0 Å². The topological polar surface area (TPSA) is 93.5 Å². The van der Waals surface area contributed by atoms with E-state index in [-0.39, 0.29) is 23.5 Å². The van der Waals surface area contributed by atoms with Crippen LogP contribution < -0.4 is 9.62 Å². The predicted octanol–water partition coefficient (Wildman–Crippen LogP) is 1.55. The van der Waals surface area contributed by atoms with Crippen LogP contribution in [0.4, 0.5) is 5.69 Å². The number of carbonyl (C=O) groups is 1. The first-order chi connectivity index (χ1) is 13.9. The zero-order valence-corrected chi connectivity index (χ0v) is 17.5. The van der Waals surface area contributed by atoms with Gasteiger partial charge in [-0.2, -0.15) is 5.10 Å². The van der Waals surface area contributed by atoms with E-state index < -0.39 is 10.0 Å². The van der Waals surface area contributed by atoms with Gasteiger partial charge in [0, 0.05) is 19.7 Å². The number of nitrogens with zero attached hydrogens (tertiary/aromatic N) is 3. The first kappa shape index (κ1) is 19.9. The molecule has 4 rings (SSSR count). The van der Waals surface area contributed by atoms with Crippen molar-refractivity contribution in [2.24, 2.45) is 0 Å². The molecule has 1 saturated heterocycles. The lowest BCUT2D eigenvalue weighted by molar-refractivity contribution is -0.122. The van der Waals surface area contributed by atoms with Gasteiger partial charge in [0.05, 0.1) is 23.2 Å². The second kappa shape index (κ2) is 7.79. The van der Waals surface area contributed by atoms with Crippen LogP contribution in [0.1, 0.15) is 29.8 Å². The van der Waals surface area contributed by atoms with E-state index in [1.807, 2.05) is 24.3 Å². The molecule has 3 heterocycles. The summed E-state index contributed by atoms with van der Waals surface area (Å²) < 4.78 is 35.2. The fourth-order valence-corrected chi connectivity index (χ4v) is 5.98. The molecule has 2 aromatic rings. The number of ether oxygens (including phenoxy) is 1. The van der Waals surface area contributed by atoms with Crippen LogP contribution in [0.3, 0.4) is 0 Å². The van der Waals surface area contributed by atoms with Crippen molar-refractivity contribution in [2.45, 2.75) is 50.7 Å². The van der Waals surface area contributed by atoms with Crippen molar-refractivity contribution in [3.63, 3.8) is 0 Å². The number of para-hydroxylation sites is 1. The van der Waals surface area contributed by atoms with E-state index in [0.717, 1.165) is 25.0 Å². The van der Waals surface area contributed by atoms with E-state index in [2.05, 4.69) is 10.4 Å². The first-order valence-corrected chi connectivity index (χ1v) is 11.3. The lowest BCUT2D eigenvalue weighted by atomic mass is 10.2. The molecular weight excluding hydrogens is 392 g/mol. The van der Waals surface area contributed by atoms with Gasteiger partial charge in [0.25, 0.3) is 10.0 Å². The molecule has 0 bridgehead atoms. The van der Waals surface area contributed by atoms with Crippen LogP contribution in [-0.2, 0) is 32.5 Å². The molecule has 1 amide bonds. The van der Waals surface area contributed by atoms with Crippen molar-refractivity contribution in [3.05, 3.63) is 41.2 Å². The average Bonchev–Trinajstić information content (AvgIpc) is 3.40. The predicted molar refractivity (Wildman–Crippen MR) is 108 cm³/mol. The number of aryl methyl sites for hydroxylation is 1. The van der Waals surface area contributed by atoms with Gasteiger partial charge >= 0.3 is 0 Å². The molecule has 0 spiro atoms. The first-order valence-electron chi connectivity index (χ1n) is 9.91. The Morgan fingerprint density at radius 1 is 1.31 bits per heavy atom. The number of carbonyl (C=O) groups excluding carboxylic acids is 1. The summed E-state index contributed by atoms with van der Waals surface area (Å²) in [6.45, 7) is 4.96. The Hall–Kier alpha value is -2.39. The minimum absolute atomic E-state index is 0.0223. The highest BCUT2D eigenvalue weighted by molar-refractivity contribution is 7.93. The third-order valence-electron chi connectivity index (χ3n) is 5.55. The van der Waals surface area contributed by atoms with E-state index in [1.54, 1.807) is 13.8 Å². The summed E-state index contributed by atoms with van der Waals surface area (Å²) in [5.41, 5.74) is 2.61. The van der Waals surface area contributed by atoms with E-state index in [9.17, 15) is 13.2 Å². The highest BCUT2D eigenvalue weighted by atomic mass is 32.2. The van der Waals surface area contributed by atoms with Crippen LogP contribution in [0.2, 0.25) is 0 Å². The van der Waals surface area contributed by atoms with Gasteiger partial charge in [-0.15, -0.1) is 0 Å². The maximum atomic E-state index is 13.4. The number of fused-ring (bicyclic) bond motifs is 1. The SMILES string of the molecule is Cc1nn(CC(=O)NC[C@H]2CCCO2)c(C)c1S(=O)(=O)N1CCc2ccccc21. The molecule has 2 aliphatic heterocycles. The molecule has 0 saturated carbocycles. The molecule has 0 unspecified atom stereocenters. The van der Waals surface area contributed by atoms with Crippen molar-refractivity contribution < 1.29 is 17.9 Å². The summed E-state index contributed by atoms with van der Waals surface area (Å²) >= 11 is 0. The molecule has 156 valence electrons. The lowest BCUT2D eigenvalue weighted by Gasteiger charge is -2.19.